The number of nitrogens with one attached hydrogen (secondary N) is 1. The van der Waals surface area contributed by atoms with E-state index < -0.39 is 11.7 Å². The Morgan fingerprint density at radius 2 is 1.76 bits per heavy atom. The predicted octanol–water partition coefficient (Wildman–Crippen LogP) is 4.96. The number of benzene rings is 2. The van der Waals surface area contributed by atoms with Gasteiger partial charge in [-0.1, -0.05) is 30.3 Å². The third-order valence-electron chi connectivity index (χ3n) is 3.82. The molecule has 0 saturated heterocycles. The molecule has 0 fully saturated rings. The number of pyridine rings is 1. The Labute approximate surface area is 143 Å². The van der Waals surface area contributed by atoms with Crippen molar-refractivity contribution in [1.82, 2.24) is 4.98 Å². The van der Waals surface area contributed by atoms with E-state index in [0.717, 1.165) is 17.2 Å². The molecule has 3 rings (SSSR count). The molecule has 0 amide bonds. The Hall–Kier alpha value is -3.02. The van der Waals surface area contributed by atoms with Crippen LogP contribution in [0.3, 0.4) is 0 Å². The molecule has 2 aromatic carbocycles. The highest BCUT2D eigenvalue weighted by Gasteiger charge is 2.32. The van der Waals surface area contributed by atoms with Crippen LogP contribution in [0.25, 0.3) is 11.1 Å². The number of anilines is 2. The first-order chi connectivity index (χ1) is 11.9. The number of halogens is 3. The summed E-state index contributed by atoms with van der Waals surface area (Å²) in [6, 6.07) is 16.5. The SMILES string of the molecule is Nc1ncccc1-c1cccc(NCc2ccccc2C(F)(F)F)c1. The molecule has 6 heteroatoms. The average molecular weight is 343 g/mol. The van der Waals surface area contributed by atoms with Crippen molar-refractivity contribution >= 4 is 11.5 Å². The van der Waals surface area contributed by atoms with Gasteiger partial charge in [-0.15, -0.1) is 0 Å². The van der Waals surface area contributed by atoms with E-state index in [1.54, 1.807) is 24.4 Å². The van der Waals surface area contributed by atoms with Gasteiger partial charge in [0.1, 0.15) is 5.82 Å². The first-order valence-corrected chi connectivity index (χ1v) is 7.65. The van der Waals surface area contributed by atoms with Crippen LogP contribution in [0.4, 0.5) is 24.7 Å². The quantitative estimate of drug-likeness (QED) is 0.704. The Balaban J connectivity index is 1.82. The molecule has 0 saturated carbocycles. The minimum atomic E-state index is -4.37. The standard InChI is InChI=1S/C19H16F3N3/c20-19(21,22)17-9-2-1-5-14(17)12-25-15-7-3-6-13(11-15)16-8-4-10-24-18(16)23/h1-11,25H,12H2,(H2,23,24). The molecule has 3 nitrogen and oxygen atoms in total. The summed E-state index contributed by atoms with van der Waals surface area (Å²) in [4.78, 5) is 4.05. The first kappa shape index (κ1) is 16.8. The van der Waals surface area contributed by atoms with E-state index in [1.165, 1.54) is 12.1 Å². The topological polar surface area (TPSA) is 50.9 Å². The van der Waals surface area contributed by atoms with E-state index in [9.17, 15) is 13.2 Å². The van der Waals surface area contributed by atoms with Gasteiger partial charge in [-0.2, -0.15) is 13.2 Å². The molecule has 0 spiro atoms. The van der Waals surface area contributed by atoms with Crippen molar-refractivity contribution in [3.8, 4) is 11.1 Å². The summed E-state index contributed by atoms with van der Waals surface area (Å²) in [6.07, 6.45) is -2.76. The first-order valence-electron chi connectivity index (χ1n) is 7.65. The number of nitrogen functional groups attached to an aromatic ring is 1. The minimum Gasteiger partial charge on any atom is -0.383 e. The van der Waals surface area contributed by atoms with Gasteiger partial charge in [-0.05, 0) is 41.5 Å². The molecule has 0 aliphatic carbocycles. The second kappa shape index (κ2) is 6.84. The third-order valence-corrected chi connectivity index (χ3v) is 3.82. The number of alkyl halides is 3. The summed E-state index contributed by atoms with van der Waals surface area (Å²) in [5.41, 5.74) is 7.78. The Kier molecular flexibility index (Phi) is 4.61. The van der Waals surface area contributed by atoms with Crippen molar-refractivity contribution in [3.63, 3.8) is 0 Å². The van der Waals surface area contributed by atoms with Crippen LogP contribution in [0, 0.1) is 0 Å². The summed E-state index contributed by atoms with van der Waals surface area (Å²) >= 11 is 0. The molecule has 1 heterocycles. The van der Waals surface area contributed by atoms with E-state index in [2.05, 4.69) is 10.3 Å². The number of nitrogens with zero attached hydrogens (tertiary/aromatic N) is 1. The van der Waals surface area contributed by atoms with Gasteiger partial charge in [0.2, 0.25) is 0 Å². The average Bonchev–Trinajstić information content (AvgIpc) is 2.60. The molecule has 25 heavy (non-hydrogen) atoms. The van der Waals surface area contributed by atoms with Gasteiger partial charge in [0.15, 0.2) is 0 Å². The highest BCUT2D eigenvalue weighted by atomic mass is 19.4. The number of hydrogen-bond acceptors (Lipinski definition) is 3. The molecule has 0 radical (unpaired) electrons. The van der Waals surface area contributed by atoms with Gasteiger partial charge >= 0.3 is 6.18 Å². The van der Waals surface area contributed by atoms with Gasteiger partial charge in [0.25, 0.3) is 0 Å². The van der Waals surface area contributed by atoms with Crippen LogP contribution in [0.5, 0.6) is 0 Å². The summed E-state index contributed by atoms with van der Waals surface area (Å²) in [5.74, 6) is 0.405. The maximum Gasteiger partial charge on any atom is 0.416 e. The van der Waals surface area contributed by atoms with E-state index in [-0.39, 0.29) is 12.1 Å². The molecule has 0 aliphatic heterocycles. The van der Waals surface area contributed by atoms with Crippen LogP contribution in [-0.2, 0) is 12.7 Å². The normalized spacial score (nSPS) is 11.3. The Bertz CT molecular complexity index is 876. The van der Waals surface area contributed by atoms with E-state index in [1.807, 2.05) is 24.3 Å². The van der Waals surface area contributed by atoms with Crippen LogP contribution < -0.4 is 11.1 Å². The number of rotatable bonds is 4. The second-order valence-electron chi connectivity index (χ2n) is 5.53. The van der Waals surface area contributed by atoms with Gasteiger partial charge in [-0.25, -0.2) is 4.98 Å². The van der Waals surface area contributed by atoms with Crippen LogP contribution in [0.2, 0.25) is 0 Å². The second-order valence-corrected chi connectivity index (χ2v) is 5.53. The smallest absolute Gasteiger partial charge is 0.383 e. The summed E-state index contributed by atoms with van der Waals surface area (Å²) in [6.45, 7) is 0.0711. The van der Waals surface area contributed by atoms with Gasteiger partial charge in [0, 0.05) is 24.0 Å². The molecule has 0 bridgehead atoms. The Morgan fingerprint density at radius 3 is 2.52 bits per heavy atom. The highest BCUT2D eigenvalue weighted by Crippen LogP contribution is 2.32. The maximum absolute atomic E-state index is 13.1. The van der Waals surface area contributed by atoms with E-state index in [0.29, 0.717) is 11.5 Å². The lowest BCUT2D eigenvalue weighted by atomic mass is 10.1. The van der Waals surface area contributed by atoms with Gasteiger partial charge < -0.3 is 11.1 Å². The van der Waals surface area contributed by atoms with Crippen LogP contribution in [0.15, 0.2) is 66.9 Å². The highest BCUT2D eigenvalue weighted by molar-refractivity contribution is 5.75. The lowest BCUT2D eigenvalue weighted by Crippen LogP contribution is -2.11. The zero-order valence-electron chi connectivity index (χ0n) is 13.2. The van der Waals surface area contributed by atoms with Crippen molar-refractivity contribution in [2.75, 3.05) is 11.1 Å². The van der Waals surface area contributed by atoms with E-state index in [4.69, 9.17) is 5.73 Å². The van der Waals surface area contributed by atoms with Crippen LogP contribution >= 0.6 is 0 Å². The van der Waals surface area contributed by atoms with Gasteiger partial charge in [-0.3, -0.25) is 0 Å². The number of hydrogen-bond donors (Lipinski definition) is 2. The molecule has 3 aromatic rings. The molecule has 0 atom stereocenters. The summed E-state index contributed by atoms with van der Waals surface area (Å²) in [5, 5.41) is 3.04. The van der Waals surface area contributed by atoms with Crippen molar-refractivity contribution in [3.05, 3.63) is 78.0 Å². The molecular weight excluding hydrogens is 327 g/mol. The fourth-order valence-corrected chi connectivity index (χ4v) is 2.61. The molecule has 0 unspecified atom stereocenters. The van der Waals surface area contributed by atoms with Crippen LogP contribution in [0.1, 0.15) is 11.1 Å². The van der Waals surface area contributed by atoms with Crippen LogP contribution in [-0.4, -0.2) is 4.98 Å². The predicted molar refractivity (Wildman–Crippen MR) is 92.9 cm³/mol. The summed E-state index contributed by atoms with van der Waals surface area (Å²) in [7, 11) is 0. The molecule has 128 valence electrons. The fraction of sp³-hybridized carbons (Fsp3) is 0.105. The molecule has 3 N–H and O–H groups in total. The lowest BCUT2D eigenvalue weighted by molar-refractivity contribution is -0.138. The van der Waals surface area contributed by atoms with E-state index >= 15 is 0 Å². The van der Waals surface area contributed by atoms with Crippen molar-refractivity contribution in [2.45, 2.75) is 12.7 Å². The zero-order chi connectivity index (χ0) is 17.9. The van der Waals surface area contributed by atoms with Gasteiger partial charge in [0.05, 0.1) is 5.56 Å². The van der Waals surface area contributed by atoms with Crippen molar-refractivity contribution in [2.24, 2.45) is 0 Å². The Morgan fingerprint density at radius 1 is 0.960 bits per heavy atom. The molecular formula is C19H16F3N3. The monoisotopic (exact) mass is 343 g/mol. The third kappa shape index (κ3) is 3.91. The minimum absolute atomic E-state index is 0.0711. The maximum atomic E-state index is 13.1. The largest absolute Gasteiger partial charge is 0.416 e. The molecule has 0 aliphatic rings. The number of nitrogens with two attached hydrogens (primary N) is 1. The zero-order valence-corrected chi connectivity index (χ0v) is 13.2. The lowest BCUT2D eigenvalue weighted by Gasteiger charge is -2.14. The van der Waals surface area contributed by atoms with Crippen molar-refractivity contribution < 1.29 is 13.2 Å². The van der Waals surface area contributed by atoms with Crippen molar-refractivity contribution in [1.29, 1.82) is 0 Å². The summed E-state index contributed by atoms with van der Waals surface area (Å²) < 4.78 is 39.2. The molecule has 1 aromatic heterocycles. The fourth-order valence-electron chi connectivity index (χ4n) is 2.61. The number of aromatic nitrogens is 1.